The van der Waals surface area contributed by atoms with E-state index in [2.05, 4.69) is 30.9 Å². The molecule has 0 radical (unpaired) electrons. The Morgan fingerprint density at radius 2 is 2.06 bits per heavy atom. The molecule has 2 aliphatic heterocycles. The fourth-order valence-electron chi connectivity index (χ4n) is 5.41. The maximum atomic E-state index is 14.5. The van der Waals surface area contributed by atoms with E-state index in [0.717, 1.165) is 37.2 Å². The van der Waals surface area contributed by atoms with Crippen molar-refractivity contribution in [1.82, 2.24) is 25.6 Å². The van der Waals surface area contributed by atoms with Crippen LogP contribution in [0.1, 0.15) is 34.5 Å². The zero-order chi connectivity index (χ0) is 24.9. The van der Waals surface area contributed by atoms with Crippen LogP contribution in [0.15, 0.2) is 42.6 Å². The smallest absolute Gasteiger partial charge is 0.255 e. The maximum absolute atomic E-state index is 14.5. The predicted molar refractivity (Wildman–Crippen MR) is 136 cm³/mol. The fraction of sp³-hybridized carbons (Fsp3) is 0.296. The summed E-state index contributed by atoms with van der Waals surface area (Å²) in [6, 6.07) is 10.4. The number of aromatic nitrogens is 3. The lowest BCUT2D eigenvalue weighted by Crippen LogP contribution is -2.54. The van der Waals surface area contributed by atoms with E-state index in [4.69, 9.17) is 4.74 Å². The molecule has 1 saturated heterocycles. The first-order valence-electron chi connectivity index (χ1n) is 12.1. The third-order valence-corrected chi connectivity index (χ3v) is 7.38. The molecule has 36 heavy (non-hydrogen) atoms. The van der Waals surface area contributed by atoms with Gasteiger partial charge in [-0.2, -0.15) is 0 Å². The summed E-state index contributed by atoms with van der Waals surface area (Å²) in [5, 5.41) is 10.0. The summed E-state index contributed by atoms with van der Waals surface area (Å²) in [5.74, 6) is -0.0116. The zero-order valence-electron chi connectivity index (χ0n) is 20.2. The van der Waals surface area contributed by atoms with E-state index in [1.807, 2.05) is 18.2 Å². The van der Waals surface area contributed by atoms with Gasteiger partial charge in [-0.15, -0.1) is 0 Å². The molecule has 1 spiro atoms. The van der Waals surface area contributed by atoms with Crippen LogP contribution in [0.3, 0.4) is 0 Å². The van der Waals surface area contributed by atoms with Gasteiger partial charge in [0, 0.05) is 53.3 Å². The van der Waals surface area contributed by atoms with Gasteiger partial charge in [-0.25, -0.2) is 9.37 Å². The van der Waals surface area contributed by atoms with Crippen LogP contribution >= 0.6 is 0 Å². The Kier molecular flexibility index (Phi) is 5.37. The van der Waals surface area contributed by atoms with Crippen LogP contribution in [-0.2, 0) is 5.41 Å². The van der Waals surface area contributed by atoms with Crippen molar-refractivity contribution < 1.29 is 13.9 Å². The quantitative estimate of drug-likeness (QED) is 0.345. The highest BCUT2D eigenvalue weighted by Gasteiger charge is 2.44. The molecule has 6 rings (SSSR count). The number of hydrogen-bond donors (Lipinski definition) is 4. The van der Waals surface area contributed by atoms with E-state index in [1.54, 1.807) is 32.4 Å². The first kappa shape index (κ1) is 22.5. The van der Waals surface area contributed by atoms with Gasteiger partial charge in [0.1, 0.15) is 11.3 Å². The molecule has 184 valence electrons. The maximum Gasteiger partial charge on any atom is 0.255 e. The molecule has 1 fully saturated rings. The Morgan fingerprint density at radius 3 is 2.86 bits per heavy atom. The number of amides is 1. The van der Waals surface area contributed by atoms with Crippen LogP contribution in [0, 0.1) is 12.7 Å². The van der Waals surface area contributed by atoms with Crippen molar-refractivity contribution in [1.29, 1.82) is 0 Å². The Morgan fingerprint density at radius 1 is 1.17 bits per heavy atom. The first-order chi connectivity index (χ1) is 17.5. The number of carbonyl (C=O) groups is 1. The summed E-state index contributed by atoms with van der Waals surface area (Å²) in [6.45, 7) is 3.97. The SMILES string of the molecule is COc1ccc2nccc(-c3[nH]c4c(c3Nc3cccc(F)c3C)C(=O)NC[C@]43CCCNC3)c2n1. The molecule has 0 saturated carbocycles. The molecular formula is C27H27FN6O2. The molecule has 1 amide bonds. The summed E-state index contributed by atoms with van der Waals surface area (Å²) in [6.07, 6.45) is 3.67. The molecule has 8 nitrogen and oxygen atoms in total. The lowest BCUT2D eigenvalue weighted by molar-refractivity contribution is 0.0916. The van der Waals surface area contributed by atoms with Crippen molar-refractivity contribution in [2.24, 2.45) is 0 Å². The molecule has 0 aliphatic carbocycles. The van der Waals surface area contributed by atoms with Gasteiger partial charge in [0.2, 0.25) is 5.88 Å². The minimum atomic E-state index is -0.316. The van der Waals surface area contributed by atoms with Gasteiger partial charge >= 0.3 is 0 Å². The van der Waals surface area contributed by atoms with Crippen molar-refractivity contribution in [3.63, 3.8) is 0 Å². The van der Waals surface area contributed by atoms with Gasteiger partial charge in [0.25, 0.3) is 5.91 Å². The number of fused-ring (bicyclic) bond motifs is 3. The lowest BCUT2D eigenvalue weighted by atomic mass is 9.74. The number of piperidine rings is 1. The average molecular weight is 487 g/mol. The number of halogens is 1. The summed E-state index contributed by atoms with van der Waals surface area (Å²) in [7, 11) is 1.57. The minimum Gasteiger partial charge on any atom is -0.481 e. The van der Waals surface area contributed by atoms with E-state index >= 15 is 0 Å². The van der Waals surface area contributed by atoms with E-state index < -0.39 is 0 Å². The number of methoxy groups -OCH3 is 1. The van der Waals surface area contributed by atoms with Gasteiger partial charge < -0.3 is 25.7 Å². The minimum absolute atomic E-state index is 0.163. The second-order valence-corrected chi connectivity index (χ2v) is 9.49. The Hall–Kier alpha value is -3.98. The third-order valence-electron chi connectivity index (χ3n) is 7.38. The van der Waals surface area contributed by atoms with Crippen LogP contribution in [0.4, 0.5) is 15.8 Å². The number of nitrogens with zero attached hydrogens (tertiary/aromatic N) is 2. The molecule has 1 atom stereocenters. The molecule has 0 bridgehead atoms. The molecule has 0 unspecified atom stereocenters. The van der Waals surface area contributed by atoms with E-state index in [0.29, 0.717) is 51.7 Å². The Balaban J connectivity index is 1.63. The number of pyridine rings is 2. The van der Waals surface area contributed by atoms with Gasteiger partial charge in [0.05, 0.1) is 29.6 Å². The van der Waals surface area contributed by atoms with Gasteiger partial charge in [-0.05, 0) is 50.6 Å². The van der Waals surface area contributed by atoms with Crippen LogP contribution in [-0.4, -0.2) is 47.6 Å². The number of carbonyl (C=O) groups excluding carboxylic acids is 1. The van der Waals surface area contributed by atoms with Crippen molar-refractivity contribution in [3.05, 3.63) is 65.2 Å². The van der Waals surface area contributed by atoms with Crippen LogP contribution in [0.5, 0.6) is 5.88 Å². The highest BCUT2D eigenvalue weighted by molar-refractivity contribution is 6.08. The van der Waals surface area contributed by atoms with Crippen LogP contribution in [0.2, 0.25) is 0 Å². The highest BCUT2D eigenvalue weighted by Crippen LogP contribution is 2.45. The second kappa shape index (κ2) is 8.60. The van der Waals surface area contributed by atoms with Gasteiger partial charge in [-0.3, -0.25) is 9.78 Å². The number of rotatable bonds is 4. The topological polar surface area (TPSA) is 104 Å². The van der Waals surface area contributed by atoms with Crippen LogP contribution < -0.4 is 20.7 Å². The first-order valence-corrected chi connectivity index (χ1v) is 12.1. The number of H-pyrrole nitrogens is 1. The number of anilines is 2. The Labute approximate surface area is 207 Å². The normalized spacial score (nSPS) is 19.2. The number of nitrogens with one attached hydrogen (secondary N) is 4. The summed E-state index contributed by atoms with van der Waals surface area (Å²) in [5.41, 5.74) is 5.67. The third kappa shape index (κ3) is 3.50. The number of ether oxygens (including phenoxy) is 1. The number of aromatic amines is 1. The van der Waals surface area contributed by atoms with Crippen molar-refractivity contribution >= 4 is 28.3 Å². The molecule has 5 heterocycles. The molecule has 1 aromatic carbocycles. The largest absolute Gasteiger partial charge is 0.481 e. The fourth-order valence-corrected chi connectivity index (χ4v) is 5.41. The summed E-state index contributed by atoms with van der Waals surface area (Å²) < 4.78 is 19.8. The van der Waals surface area contributed by atoms with Crippen molar-refractivity contribution in [3.8, 4) is 17.1 Å². The average Bonchev–Trinajstić information content (AvgIpc) is 3.29. The molecule has 2 aliphatic rings. The van der Waals surface area contributed by atoms with E-state index in [9.17, 15) is 9.18 Å². The standard InChI is InChI=1S/C27H27FN6O2/c1-15-17(28)5-3-6-18(15)32-24-21-25(27(14-31-26(21)35)10-4-11-29-13-27)34-23(24)16-9-12-30-19-7-8-20(36-2)33-22(16)19/h3,5-9,12,29,32,34H,4,10-11,13-14H2,1-2H3,(H,31,35)/t27-/m1/s1. The molecular weight excluding hydrogens is 459 g/mol. The molecule has 4 N–H and O–H groups in total. The predicted octanol–water partition coefficient (Wildman–Crippen LogP) is 4.19. The summed E-state index contributed by atoms with van der Waals surface area (Å²) >= 11 is 0. The number of hydrogen-bond acceptors (Lipinski definition) is 6. The van der Waals surface area contributed by atoms with Crippen molar-refractivity contribution in [2.75, 3.05) is 32.1 Å². The van der Waals surface area contributed by atoms with Gasteiger partial charge in [-0.1, -0.05) is 6.07 Å². The molecule has 3 aromatic heterocycles. The molecule has 4 aromatic rings. The number of benzene rings is 1. The van der Waals surface area contributed by atoms with Crippen molar-refractivity contribution in [2.45, 2.75) is 25.2 Å². The monoisotopic (exact) mass is 486 g/mol. The highest BCUT2D eigenvalue weighted by atomic mass is 19.1. The van der Waals surface area contributed by atoms with Crippen LogP contribution in [0.25, 0.3) is 22.3 Å². The van der Waals surface area contributed by atoms with Gasteiger partial charge in [0.15, 0.2) is 0 Å². The zero-order valence-corrected chi connectivity index (χ0v) is 20.2. The Bertz CT molecular complexity index is 1490. The lowest BCUT2D eigenvalue weighted by Gasteiger charge is -2.40. The van der Waals surface area contributed by atoms with E-state index in [-0.39, 0.29) is 17.1 Å². The molecule has 9 heteroatoms. The van der Waals surface area contributed by atoms with E-state index in [1.165, 1.54) is 6.07 Å². The summed E-state index contributed by atoms with van der Waals surface area (Å²) in [4.78, 5) is 26.1. The second-order valence-electron chi connectivity index (χ2n) is 9.49.